The Morgan fingerprint density at radius 1 is 1.53 bits per heavy atom. The minimum atomic E-state index is 0.714. The fourth-order valence-corrected chi connectivity index (χ4v) is 2.08. The van der Waals surface area contributed by atoms with E-state index in [0.717, 1.165) is 30.7 Å². The van der Waals surface area contributed by atoms with Crippen LogP contribution >= 0.6 is 15.9 Å². The lowest BCUT2D eigenvalue weighted by molar-refractivity contribution is 0.282. The molecule has 0 amide bonds. The topological polar surface area (TPSA) is 27.1 Å². The van der Waals surface area contributed by atoms with Gasteiger partial charge in [-0.1, -0.05) is 22.9 Å². The number of ether oxygens (including phenoxy) is 1. The third kappa shape index (κ3) is 4.69. The molecule has 0 aliphatic carbocycles. The summed E-state index contributed by atoms with van der Waals surface area (Å²) in [6.07, 6.45) is 6.02. The van der Waals surface area contributed by atoms with E-state index in [-0.39, 0.29) is 0 Å². The van der Waals surface area contributed by atoms with Crippen molar-refractivity contribution in [3.8, 4) is 5.75 Å². The molecule has 1 aromatic rings. The van der Waals surface area contributed by atoms with E-state index < -0.39 is 0 Å². The van der Waals surface area contributed by atoms with E-state index in [2.05, 4.69) is 34.9 Å². The molecule has 1 aromatic heterocycles. The molecule has 4 heteroatoms. The molecule has 3 nitrogen and oxygen atoms in total. The third-order valence-electron chi connectivity index (χ3n) is 2.41. The van der Waals surface area contributed by atoms with E-state index in [1.54, 1.807) is 6.20 Å². The highest BCUT2D eigenvalue weighted by Gasteiger charge is 2.02. The molecule has 0 spiro atoms. The number of halogens is 1. The van der Waals surface area contributed by atoms with Gasteiger partial charge in [0.15, 0.2) is 5.75 Å². The molecular formula is C11H19BrN2O. The van der Waals surface area contributed by atoms with E-state index in [9.17, 15) is 0 Å². The average Bonchev–Trinajstić information content (AvgIpc) is 2.66. The smallest absolute Gasteiger partial charge is 0.157 e. The molecule has 1 unspecified atom stereocenters. The predicted molar refractivity (Wildman–Crippen MR) is 65.6 cm³/mol. The first-order valence-corrected chi connectivity index (χ1v) is 6.59. The summed E-state index contributed by atoms with van der Waals surface area (Å²) >= 11 is 3.45. The van der Waals surface area contributed by atoms with Gasteiger partial charge < -0.3 is 4.74 Å². The van der Waals surface area contributed by atoms with Crippen molar-refractivity contribution >= 4 is 15.9 Å². The summed E-state index contributed by atoms with van der Waals surface area (Å²) in [4.78, 5) is 0. The molecule has 15 heavy (non-hydrogen) atoms. The van der Waals surface area contributed by atoms with Crippen LogP contribution < -0.4 is 4.74 Å². The van der Waals surface area contributed by atoms with Gasteiger partial charge in [-0.25, -0.2) is 0 Å². The normalized spacial score (nSPS) is 12.7. The maximum atomic E-state index is 5.61. The van der Waals surface area contributed by atoms with Crippen molar-refractivity contribution in [2.75, 3.05) is 11.9 Å². The second-order valence-corrected chi connectivity index (χ2v) is 4.54. The summed E-state index contributed by atoms with van der Waals surface area (Å²) < 4.78 is 7.48. The summed E-state index contributed by atoms with van der Waals surface area (Å²) in [5.41, 5.74) is 0. The number of aromatic nitrogens is 2. The lowest BCUT2D eigenvalue weighted by Crippen LogP contribution is -2.04. The molecule has 0 N–H and O–H groups in total. The molecule has 0 aromatic carbocycles. The zero-order valence-electron chi connectivity index (χ0n) is 9.45. The van der Waals surface area contributed by atoms with Crippen molar-refractivity contribution in [3.05, 3.63) is 12.4 Å². The Labute approximate surface area is 99.9 Å². The number of aryl methyl sites for hydroxylation is 1. The number of nitrogens with zero attached hydrogens (tertiary/aromatic N) is 2. The third-order valence-corrected chi connectivity index (χ3v) is 2.87. The Morgan fingerprint density at radius 3 is 2.93 bits per heavy atom. The Kier molecular flexibility index (Phi) is 5.76. The fourth-order valence-electron chi connectivity index (χ4n) is 1.30. The van der Waals surface area contributed by atoms with Crippen molar-refractivity contribution < 1.29 is 4.74 Å². The molecule has 1 heterocycles. The van der Waals surface area contributed by atoms with Gasteiger partial charge in [-0.2, -0.15) is 5.10 Å². The molecule has 0 fully saturated rings. The first-order chi connectivity index (χ1) is 7.26. The minimum absolute atomic E-state index is 0.714. The van der Waals surface area contributed by atoms with Gasteiger partial charge in [0, 0.05) is 11.9 Å². The summed E-state index contributed by atoms with van der Waals surface area (Å²) in [6.45, 7) is 5.99. The zero-order valence-corrected chi connectivity index (χ0v) is 11.0. The van der Waals surface area contributed by atoms with Crippen LogP contribution in [0.5, 0.6) is 5.75 Å². The largest absolute Gasteiger partial charge is 0.490 e. The van der Waals surface area contributed by atoms with Gasteiger partial charge in [-0.3, -0.25) is 4.68 Å². The highest BCUT2D eigenvalue weighted by Crippen LogP contribution is 2.12. The monoisotopic (exact) mass is 274 g/mol. The second-order valence-electron chi connectivity index (χ2n) is 3.75. The van der Waals surface area contributed by atoms with Crippen LogP contribution in [0, 0.1) is 5.92 Å². The number of alkyl halides is 1. The maximum absolute atomic E-state index is 5.61. The van der Waals surface area contributed by atoms with Crippen LogP contribution in [0.25, 0.3) is 0 Å². The predicted octanol–water partition coefficient (Wildman–Crippen LogP) is 3.09. The Morgan fingerprint density at radius 2 is 2.33 bits per heavy atom. The van der Waals surface area contributed by atoms with Crippen LogP contribution in [0.4, 0.5) is 0 Å². The molecule has 0 saturated heterocycles. The molecule has 0 saturated carbocycles. The van der Waals surface area contributed by atoms with Gasteiger partial charge in [0.05, 0.1) is 19.0 Å². The molecular weight excluding hydrogens is 256 g/mol. The van der Waals surface area contributed by atoms with Gasteiger partial charge in [-0.05, 0) is 25.7 Å². The SMILES string of the molecule is CCn1cc(OCCC(C)CCBr)cn1. The van der Waals surface area contributed by atoms with E-state index in [0.29, 0.717) is 5.92 Å². The van der Waals surface area contributed by atoms with Crippen molar-refractivity contribution in [2.24, 2.45) is 5.92 Å². The van der Waals surface area contributed by atoms with Crippen LogP contribution in [-0.4, -0.2) is 21.7 Å². The molecule has 0 aliphatic heterocycles. The van der Waals surface area contributed by atoms with Crippen LogP contribution in [0.3, 0.4) is 0 Å². The average molecular weight is 275 g/mol. The summed E-state index contributed by atoms with van der Waals surface area (Å²) in [5.74, 6) is 1.59. The second kappa shape index (κ2) is 6.88. The number of hydrogen-bond acceptors (Lipinski definition) is 2. The maximum Gasteiger partial charge on any atom is 0.157 e. The highest BCUT2D eigenvalue weighted by molar-refractivity contribution is 9.09. The minimum Gasteiger partial charge on any atom is -0.490 e. The van der Waals surface area contributed by atoms with Crippen molar-refractivity contribution in [3.63, 3.8) is 0 Å². The van der Waals surface area contributed by atoms with Gasteiger partial charge >= 0.3 is 0 Å². The molecule has 0 radical (unpaired) electrons. The quantitative estimate of drug-likeness (QED) is 0.715. The van der Waals surface area contributed by atoms with Gasteiger partial charge in [-0.15, -0.1) is 0 Å². The fraction of sp³-hybridized carbons (Fsp3) is 0.727. The Balaban J connectivity index is 2.19. The Hall–Kier alpha value is -0.510. The van der Waals surface area contributed by atoms with E-state index in [4.69, 9.17) is 4.74 Å². The molecule has 0 aliphatic rings. The van der Waals surface area contributed by atoms with Crippen LogP contribution in [0.15, 0.2) is 12.4 Å². The van der Waals surface area contributed by atoms with Crippen molar-refractivity contribution in [2.45, 2.75) is 33.2 Å². The van der Waals surface area contributed by atoms with E-state index >= 15 is 0 Å². The summed E-state index contributed by atoms with van der Waals surface area (Å²) in [5, 5.41) is 5.22. The molecule has 0 bridgehead atoms. The molecule has 1 atom stereocenters. The summed E-state index contributed by atoms with van der Waals surface area (Å²) in [7, 11) is 0. The number of rotatable bonds is 7. The van der Waals surface area contributed by atoms with Gasteiger partial charge in [0.25, 0.3) is 0 Å². The summed E-state index contributed by atoms with van der Waals surface area (Å²) in [6, 6.07) is 0. The van der Waals surface area contributed by atoms with Crippen LogP contribution in [-0.2, 0) is 6.54 Å². The van der Waals surface area contributed by atoms with Gasteiger partial charge in [0.2, 0.25) is 0 Å². The lowest BCUT2D eigenvalue weighted by atomic mass is 10.1. The highest BCUT2D eigenvalue weighted by atomic mass is 79.9. The zero-order chi connectivity index (χ0) is 11.1. The first kappa shape index (κ1) is 12.6. The lowest BCUT2D eigenvalue weighted by Gasteiger charge is -2.09. The van der Waals surface area contributed by atoms with Crippen molar-refractivity contribution in [1.82, 2.24) is 9.78 Å². The molecule has 1 rings (SSSR count). The standard InChI is InChI=1S/C11H19BrN2O/c1-3-14-9-11(8-13-14)15-7-5-10(2)4-6-12/h8-10H,3-7H2,1-2H3. The first-order valence-electron chi connectivity index (χ1n) is 5.47. The van der Waals surface area contributed by atoms with E-state index in [1.807, 2.05) is 10.9 Å². The number of hydrogen-bond donors (Lipinski definition) is 0. The Bertz CT molecular complexity index is 275. The van der Waals surface area contributed by atoms with Crippen molar-refractivity contribution in [1.29, 1.82) is 0 Å². The van der Waals surface area contributed by atoms with Crippen LogP contribution in [0.2, 0.25) is 0 Å². The molecule has 86 valence electrons. The van der Waals surface area contributed by atoms with Crippen LogP contribution in [0.1, 0.15) is 26.7 Å². The van der Waals surface area contributed by atoms with Gasteiger partial charge in [0.1, 0.15) is 0 Å². The van der Waals surface area contributed by atoms with E-state index in [1.165, 1.54) is 6.42 Å².